The molecule has 156 valence electrons. The summed E-state index contributed by atoms with van der Waals surface area (Å²) in [6.07, 6.45) is 0.650. The SMILES string of the molecule is CC(C(=O)NC(C)(C)C)N(CCc1ccccc1)C(=O)COc1cccc(Cl)c1. The highest BCUT2D eigenvalue weighted by atomic mass is 35.5. The average Bonchev–Trinajstić information content (AvgIpc) is 2.66. The van der Waals surface area contributed by atoms with Crippen LogP contribution in [0.4, 0.5) is 0 Å². The van der Waals surface area contributed by atoms with Crippen molar-refractivity contribution in [2.24, 2.45) is 0 Å². The largest absolute Gasteiger partial charge is 0.484 e. The van der Waals surface area contributed by atoms with Gasteiger partial charge < -0.3 is 15.0 Å². The van der Waals surface area contributed by atoms with Gasteiger partial charge in [-0.3, -0.25) is 9.59 Å². The van der Waals surface area contributed by atoms with Crippen molar-refractivity contribution in [1.82, 2.24) is 10.2 Å². The van der Waals surface area contributed by atoms with Crippen molar-refractivity contribution in [3.63, 3.8) is 0 Å². The van der Waals surface area contributed by atoms with Crippen LogP contribution in [0, 0.1) is 0 Å². The Labute approximate surface area is 178 Å². The van der Waals surface area contributed by atoms with E-state index >= 15 is 0 Å². The maximum absolute atomic E-state index is 12.9. The lowest BCUT2D eigenvalue weighted by molar-refractivity contribution is -0.142. The molecule has 0 heterocycles. The number of nitrogens with zero attached hydrogens (tertiary/aromatic N) is 1. The molecule has 6 heteroatoms. The number of nitrogens with one attached hydrogen (secondary N) is 1. The fourth-order valence-electron chi connectivity index (χ4n) is 2.83. The first-order chi connectivity index (χ1) is 13.7. The monoisotopic (exact) mass is 416 g/mol. The van der Waals surface area contributed by atoms with Crippen molar-refractivity contribution in [3.8, 4) is 5.75 Å². The number of rotatable bonds is 8. The maximum atomic E-state index is 12.9. The highest BCUT2D eigenvalue weighted by Crippen LogP contribution is 2.17. The molecule has 0 radical (unpaired) electrons. The summed E-state index contributed by atoms with van der Waals surface area (Å²) in [4.78, 5) is 27.2. The first-order valence-electron chi connectivity index (χ1n) is 9.69. The summed E-state index contributed by atoms with van der Waals surface area (Å²) in [5.41, 5.74) is 0.723. The molecule has 1 unspecified atom stereocenters. The van der Waals surface area contributed by atoms with Gasteiger partial charge in [0.1, 0.15) is 11.8 Å². The van der Waals surface area contributed by atoms with Gasteiger partial charge in [-0.2, -0.15) is 0 Å². The number of benzene rings is 2. The fraction of sp³-hybridized carbons (Fsp3) is 0.391. The molecule has 2 rings (SSSR count). The standard InChI is InChI=1S/C23H29ClN2O3/c1-17(22(28)25-23(2,3)4)26(14-13-18-9-6-5-7-10-18)21(27)16-29-20-12-8-11-19(24)15-20/h5-12,15,17H,13-14,16H2,1-4H3,(H,25,28). The summed E-state index contributed by atoms with van der Waals surface area (Å²) in [6.45, 7) is 7.73. The molecule has 0 aliphatic rings. The minimum absolute atomic E-state index is 0.164. The lowest BCUT2D eigenvalue weighted by Gasteiger charge is -2.31. The van der Waals surface area contributed by atoms with Crippen LogP contribution in [0.25, 0.3) is 0 Å². The lowest BCUT2D eigenvalue weighted by atomic mass is 10.1. The van der Waals surface area contributed by atoms with Crippen molar-refractivity contribution < 1.29 is 14.3 Å². The van der Waals surface area contributed by atoms with Crippen LogP contribution in [0.1, 0.15) is 33.3 Å². The predicted molar refractivity (Wildman–Crippen MR) is 116 cm³/mol. The molecular formula is C23H29ClN2O3. The van der Waals surface area contributed by atoms with Crippen molar-refractivity contribution in [1.29, 1.82) is 0 Å². The summed E-state index contributed by atoms with van der Waals surface area (Å²) < 4.78 is 5.61. The fourth-order valence-corrected chi connectivity index (χ4v) is 3.01. The third kappa shape index (κ3) is 7.78. The van der Waals surface area contributed by atoms with Gasteiger partial charge >= 0.3 is 0 Å². The second-order valence-electron chi connectivity index (χ2n) is 7.98. The quantitative estimate of drug-likeness (QED) is 0.705. The Morgan fingerprint density at radius 3 is 2.41 bits per heavy atom. The molecular weight excluding hydrogens is 388 g/mol. The first-order valence-corrected chi connectivity index (χ1v) is 10.1. The van der Waals surface area contributed by atoms with Gasteiger partial charge in [0, 0.05) is 17.1 Å². The van der Waals surface area contributed by atoms with Crippen molar-refractivity contribution in [3.05, 3.63) is 65.2 Å². The van der Waals surface area contributed by atoms with Crippen LogP contribution in [-0.4, -0.2) is 41.4 Å². The molecule has 1 atom stereocenters. The highest BCUT2D eigenvalue weighted by Gasteiger charge is 2.28. The molecule has 2 aromatic carbocycles. The smallest absolute Gasteiger partial charge is 0.261 e. The van der Waals surface area contributed by atoms with Gasteiger partial charge in [-0.15, -0.1) is 0 Å². The third-order valence-electron chi connectivity index (χ3n) is 4.31. The molecule has 0 saturated heterocycles. The third-order valence-corrected chi connectivity index (χ3v) is 4.54. The van der Waals surface area contributed by atoms with Gasteiger partial charge in [-0.1, -0.05) is 48.0 Å². The number of carbonyl (C=O) groups excluding carboxylic acids is 2. The minimum atomic E-state index is -0.617. The normalized spacial score (nSPS) is 12.2. The van der Waals surface area contributed by atoms with Crippen LogP contribution in [-0.2, 0) is 16.0 Å². The van der Waals surface area contributed by atoms with Gasteiger partial charge in [0.2, 0.25) is 5.91 Å². The van der Waals surface area contributed by atoms with Crippen LogP contribution in [0.2, 0.25) is 5.02 Å². The van der Waals surface area contributed by atoms with E-state index < -0.39 is 6.04 Å². The Bertz CT molecular complexity index is 818. The number of hydrogen-bond donors (Lipinski definition) is 1. The van der Waals surface area contributed by atoms with Gasteiger partial charge in [-0.05, 0) is 57.9 Å². The van der Waals surface area contributed by atoms with Gasteiger partial charge in [0.25, 0.3) is 5.91 Å². The van der Waals surface area contributed by atoms with Crippen molar-refractivity contribution in [2.45, 2.75) is 45.7 Å². The molecule has 0 aliphatic carbocycles. The Kier molecular flexibility index (Phi) is 8.09. The number of carbonyl (C=O) groups is 2. The van der Waals surface area contributed by atoms with Crippen LogP contribution in [0.3, 0.4) is 0 Å². The van der Waals surface area contributed by atoms with Crippen molar-refractivity contribution >= 4 is 23.4 Å². The molecule has 0 bridgehead atoms. The van der Waals surface area contributed by atoms with Gasteiger partial charge in [-0.25, -0.2) is 0 Å². The zero-order chi connectivity index (χ0) is 21.4. The van der Waals surface area contributed by atoms with E-state index in [-0.39, 0.29) is 24.0 Å². The van der Waals surface area contributed by atoms with Crippen LogP contribution >= 0.6 is 11.6 Å². The number of amides is 2. The molecule has 2 amide bonds. The average molecular weight is 417 g/mol. The summed E-state index contributed by atoms with van der Waals surface area (Å²) in [7, 11) is 0. The molecule has 29 heavy (non-hydrogen) atoms. The Hall–Kier alpha value is -2.53. The Morgan fingerprint density at radius 2 is 1.79 bits per heavy atom. The highest BCUT2D eigenvalue weighted by molar-refractivity contribution is 6.30. The summed E-state index contributed by atoms with van der Waals surface area (Å²) in [5.74, 6) is 0.0692. The summed E-state index contributed by atoms with van der Waals surface area (Å²) in [6, 6.07) is 16.1. The minimum Gasteiger partial charge on any atom is -0.484 e. The van der Waals surface area contributed by atoms with E-state index in [1.807, 2.05) is 51.1 Å². The van der Waals surface area contributed by atoms with Crippen LogP contribution in [0.5, 0.6) is 5.75 Å². The zero-order valence-electron chi connectivity index (χ0n) is 17.4. The maximum Gasteiger partial charge on any atom is 0.261 e. The number of ether oxygens (including phenoxy) is 1. The number of hydrogen-bond acceptors (Lipinski definition) is 3. The molecule has 0 saturated carbocycles. The van der Waals surface area contributed by atoms with E-state index in [1.54, 1.807) is 36.1 Å². The number of halogens is 1. The predicted octanol–water partition coefficient (Wildman–Crippen LogP) is 4.09. The van der Waals surface area contributed by atoms with E-state index in [9.17, 15) is 9.59 Å². The van der Waals surface area contributed by atoms with E-state index in [0.717, 1.165) is 5.56 Å². The van der Waals surface area contributed by atoms with E-state index in [2.05, 4.69) is 5.32 Å². The summed E-state index contributed by atoms with van der Waals surface area (Å²) in [5, 5.41) is 3.48. The van der Waals surface area contributed by atoms with Gasteiger partial charge in [0.05, 0.1) is 0 Å². The second kappa shape index (κ2) is 10.3. The first kappa shape index (κ1) is 22.8. The van der Waals surface area contributed by atoms with Crippen molar-refractivity contribution in [2.75, 3.05) is 13.2 Å². The van der Waals surface area contributed by atoms with E-state index in [4.69, 9.17) is 16.3 Å². The molecule has 5 nitrogen and oxygen atoms in total. The van der Waals surface area contributed by atoms with E-state index in [0.29, 0.717) is 23.7 Å². The van der Waals surface area contributed by atoms with Crippen LogP contribution in [0.15, 0.2) is 54.6 Å². The van der Waals surface area contributed by atoms with E-state index in [1.165, 1.54) is 0 Å². The molecule has 0 spiro atoms. The molecule has 0 aromatic heterocycles. The lowest BCUT2D eigenvalue weighted by Crippen LogP contribution is -2.53. The molecule has 1 N–H and O–H groups in total. The molecule has 0 aliphatic heterocycles. The molecule has 0 fully saturated rings. The topological polar surface area (TPSA) is 58.6 Å². The Morgan fingerprint density at radius 1 is 1.10 bits per heavy atom. The second-order valence-corrected chi connectivity index (χ2v) is 8.42. The zero-order valence-corrected chi connectivity index (χ0v) is 18.2. The summed E-state index contributed by atoms with van der Waals surface area (Å²) >= 11 is 5.97. The van der Waals surface area contributed by atoms with Gasteiger partial charge in [0.15, 0.2) is 6.61 Å². The van der Waals surface area contributed by atoms with Crippen LogP contribution < -0.4 is 10.1 Å². The Balaban J connectivity index is 2.09. The molecule has 2 aromatic rings.